The number of aryl methyl sites for hydroxylation is 1. The first-order valence-electron chi connectivity index (χ1n) is 11.1. The first kappa shape index (κ1) is 20.9. The second kappa shape index (κ2) is 9.65. The van der Waals surface area contributed by atoms with Gasteiger partial charge in [0.25, 0.3) is 5.91 Å². The summed E-state index contributed by atoms with van der Waals surface area (Å²) in [6, 6.07) is 26.8. The standard InChI is InChI=1S/C28H30N2O/c1-3-4-18-30(28(31)27-17-9-14-23-12-7-8-16-26(23)27)21-25-15-10-19-29(25)20-24-13-6-5-11-22(24)2/h5-17,19H,3-4,18,20-21H2,1-2H3. The SMILES string of the molecule is CCCCN(Cc1cccn1Cc1ccccc1C)C(=O)c1cccc2ccccc12. The van der Waals surface area contributed by atoms with Crippen LogP contribution in [0.4, 0.5) is 0 Å². The van der Waals surface area contributed by atoms with E-state index in [-0.39, 0.29) is 5.91 Å². The molecule has 0 saturated heterocycles. The highest BCUT2D eigenvalue weighted by Gasteiger charge is 2.19. The molecule has 0 saturated carbocycles. The molecule has 0 unspecified atom stereocenters. The first-order valence-corrected chi connectivity index (χ1v) is 11.1. The van der Waals surface area contributed by atoms with Crippen LogP contribution in [-0.4, -0.2) is 21.9 Å². The summed E-state index contributed by atoms with van der Waals surface area (Å²) in [5, 5.41) is 2.12. The Morgan fingerprint density at radius 2 is 1.68 bits per heavy atom. The minimum atomic E-state index is 0.105. The van der Waals surface area contributed by atoms with Gasteiger partial charge in [0.2, 0.25) is 0 Å². The number of aromatic nitrogens is 1. The summed E-state index contributed by atoms with van der Waals surface area (Å²) in [7, 11) is 0. The first-order chi connectivity index (χ1) is 15.2. The normalized spacial score (nSPS) is 11.0. The van der Waals surface area contributed by atoms with Gasteiger partial charge in [0.05, 0.1) is 6.54 Å². The molecule has 1 amide bonds. The predicted octanol–water partition coefficient (Wildman–Crippen LogP) is 6.44. The number of nitrogens with zero attached hydrogens (tertiary/aromatic N) is 2. The molecule has 0 N–H and O–H groups in total. The van der Waals surface area contributed by atoms with Crippen LogP contribution in [0.1, 0.15) is 46.9 Å². The summed E-state index contributed by atoms with van der Waals surface area (Å²) in [6.07, 6.45) is 4.17. The van der Waals surface area contributed by atoms with Crippen LogP contribution in [0.25, 0.3) is 10.8 Å². The van der Waals surface area contributed by atoms with Gasteiger partial charge >= 0.3 is 0 Å². The minimum Gasteiger partial charge on any atom is -0.345 e. The molecular formula is C28H30N2O. The Morgan fingerprint density at radius 1 is 0.903 bits per heavy atom. The third-order valence-electron chi connectivity index (χ3n) is 5.97. The number of hydrogen-bond acceptors (Lipinski definition) is 1. The minimum absolute atomic E-state index is 0.105. The second-order valence-corrected chi connectivity index (χ2v) is 8.16. The maximum absolute atomic E-state index is 13.6. The molecule has 1 heterocycles. The molecule has 158 valence electrons. The number of amides is 1. The molecule has 0 aliphatic rings. The van der Waals surface area contributed by atoms with Crippen LogP contribution in [0.15, 0.2) is 85.1 Å². The summed E-state index contributed by atoms with van der Waals surface area (Å²) in [5.74, 6) is 0.105. The van der Waals surface area contributed by atoms with Gasteiger partial charge in [-0.25, -0.2) is 0 Å². The van der Waals surface area contributed by atoms with E-state index in [9.17, 15) is 4.79 Å². The van der Waals surface area contributed by atoms with E-state index in [1.165, 1.54) is 11.1 Å². The number of benzene rings is 3. The highest BCUT2D eigenvalue weighted by Crippen LogP contribution is 2.22. The van der Waals surface area contributed by atoms with Crippen molar-refractivity contribution in [3.63, 3.8) is 0 Å². The van der Waals surface area contributed by atoms with Crippen molar-refractivity contribution < 1.29 is 4.79 Å². The Balaban J connectivity index is 1.62. The zero-order chi connectivity index (χ0) is 21.6. The molecule has 0 bridgehead atoms. The predicted molar refractivity (Wildman–Crippen MR) is 128 cm³/mol. The van der Waals surface area contributed by atoms with Crippen molar-refractivity contribution in [3.8, 4) is 0 Å². The fourth-order valence-corrected chi connectivity index (χ4v) is 4.10. The molecule has 4 aromatic rings. The Hall–Kier alpha value is -3.33. The lowest BCUT2D eigenvalue weighted by molar-refractivity contribution is 0.0739. The molecule has 0 aliphatic heterocycles. The zero-order valence-corrected chi connectivity index (χ0v) is 18.4. The molecule has 4 rings (SSSR count). The Bertz CT molecular complexity index is 1170. The number of fused-ring (bicyclic) bond motifs is 1. The topological polar surface area (TPSA) is 25.2 Å². The van der Waals surface area contributed by atoms with E-state index in [1.807, 2.05) is 35.2 Å². The Labute approximate surface area is 184 Å². The van der Waals surface area contributed by atoms with Gasteiger partial charge in [-0.1, -0.05) is 74.0 Å². The number of carbonyl (C=O) groups excluding carboxylic acids is 1. The van der Waals surface area contributed by atoms with E-state index >= 15 is 0 Å². The van der Waals surface area contributed by atoms with Crippen molar-refractivity contribution in [3.05, 3.63) is 107 Å². The van der Waals surface area contributed by atoms with Crippen molar-refractivity contribution in [2.75, 3.05) is 6.54 Å². The fourth-order valence-electron chi connectivity index (χ4n) is 4.10. The summed E-state index contributed by atoms with van der Waals surface area (Å²) < 4.78 is 2.26. The van der Waals surface area contributed by atoms with E-state index in [4.69, 9.17) is 0 Å². The molecule has 3 aromatic carbocycles. The van der Waals surface area contributed by atoms with Crippen LogP contribution in [0.2, 0.25) is 0 Å². The average Bonchev–Trinajstić information content (AvgIpc) is 3.23. The van der Waals surface area contributed by atoms with Crippen LogP contribution in [0.5, 0.6) is 0 Å². The molecule has 3 nitrogen and oxygen atoms in total. The van der Waals surface area contributed by atoms with Crippen molar-refractivity contribution in [2.24, 2.45) is 0 Å². The van der Waals surface area contributed by atoms with Crippen LogP contribution in [-0.2, 0) is 13.1 Å². The molecule has 0 atom stereocenters. The maximum atomic E-state index is 13.6. The van der Waals surface area contributed by atoms with Crippen LogP contribution < -0.4 is 0 Å². The lowest BCUT2D eigenvalue weighted by Gasteiger charge is -2.24. The lowest BCUT2D eigenvalue weighted by Crippen LogP contribution is -2.32. The molecule has 1 aromatic heterocycles. The van der Waals surface area contributed by atoms with E-state index in [1.54, 1.807) is 0 Å². The number of carbonyl (C=O) groups is 1. The van der Waals surface area contributed by atoms with Gasteiger partial charge in [0, 0.05) is 30.5 Å². The quantitative estimate of drug-likeness (QED) is 0.328. The second-order valence-electron chi connectivity index (χ2n) is 8.16. The van der Waals surface area contributed by atoms with Gasteiger partial charge in [-0.3, -0.25) is 4.79 Å². The summed E-state index contributed by atoms with van der Waals surface area (Å²) in [6.45, 7) is 6.51. The Kier molecular flexibility index (Phi) is 6.51. The maximum Gasteiger partial charge on any atom is 0.254 e. The highest BCUT2D eigenvalue weighted by atomic mass is 16.2. The summed E-state index contributed by atoms with van der Waals surface area (Å²) in [5.41, 5.74) is 4.54. The number of hydrogen-bond donors (Lipinski definition) is 0. The van der Waals surface area contributed by atoms with E-state index in [0.29, 0.717) is 6.54 Å². The zero-order valence-electron chi connectivity index (χ0n) is 18.4. The molecular weight excluding hydrogens is 380 g/mol. The molecule has 0 spiro atoms. The third-order valence-corrected chi connectivity index (χ3v) is 5.97. The molecule has 31 heavy (non-hydrogen) atoms. The van der Waals surface area contributed by atoms with Crippen LogP contribution in [0.3, 0.4) is 0 Å². The van der Waals surface area contributed by atoms with E-state index in [0.717, 1.165) is 48.0 Å². The van der Waals surface area contributed by atoms with E-state index in [2.05, 4.69) is 73.1 Å². The lowest BCUT2D eigenvalue weighted by atomic mass is 10.0. The van der Waals surface area contributed by atoms with Gasteiger partial charge in [0.15, 0.2) is 0 Å². The van der Waals surface area contributed by atoms with Crippen molar-refractivity contribution >= 4 is 16.7 Å². The summed E-state index contributed by atoms with van der Waals surface area (Å²) >= 11 is 0. The Morgan fingerprint density at radius 3 is 2.52 bits per heavy atom. The van der Waals surface area contributed by atoms with Crippen molar-refractivity contribution in [1.82, 2.24) is 9.47 Å². The van der Waals surface area contributed by atoms with Gasteiger partial charge in [-0.15, -0.1) is 0 Å². The smallest absolute Gasteiger partial charge is 0.254 e. The molecule has 0 aliphatic carbocycles. The highest BCUT2D eigenvalue weighted by molar-refractivity contribution is 6.07. The fraction of sp³-hybridized carbons (Fsp3) is 0.250. The number of unbranched alkanes of at least 4 members (excludes halogenated alkanes) is 1. The third kappa shape index (κ3) is 4.72. The number of rotatable bonds is 8. The van der Waals surface area contributed by atoms with Crippen LogP contribution in [0, 0.1) is 6.92 Å². The van der Waals surface area contributed by atoms with Gasteiger partial charge in [-0.05, 0) is 53.4 Å². The average molecular weight is 411 g/mol. The summed E-state index contributed by atoms with van der Waals surface area (Å²) in [4.78, 5) is 15.6. The van der Waals surface area contributed by atoms with Gasteiger partial charge < -0.3 is 9.47 Å². The van der Waals surface area contributed by atoms with Gasteiger partial charge in [0.1, 0.15) is 0 Å². The molecule has 3 heteroatoms. The largest absolute Gasteiger partial charge is 0.345 e. The van der Waals surface area contributed by atoms with Crippen LogP contribution >= 0.6 is 0 Å². The van der Waals surface area contributed by atoms with Crippen molar-refractivity contribution in [1.29, 1.82) is 0 Å². The molecule has 0 radical (unpaired) electrons. The monoisotopic (exact) mass is 410 g/mol. The van der Waals surface area contributed by atoms with Crippen molar-refractivity contribution in [2.45, 2.75) is 39.8 Å². The van der Waals surface area contributed by atoms with Gasteiger partial charge in [-0.2, -0.15) is 0 Å². The molecule has 0 fully saturated rings. The van der Waals surface area contributed by atoms with E-state index < -0.39 is 0 Å².